The zero-order valence-corrected chi connectivity index (χ0v) is 12.3. The van der Waals surface area contributed by atoms with Crippen LogP contribution < -0.4 is 10.1 Å². The minimum absolute atomic E-state index is 0.126. The number of thioether (sulfide) groups is 1. The summed E-state index contributed by atoms with van der Waals surface area (Å²) in [5.74, 6) is 1.34. The number of anilines is 1. The van der Waals surface area contributed by atoms with E-state index in [2.05, 4.69) is 15.5 Å². The quantitative estimate of drug-likeness (QED) is 0.853. The third-order valence-electron chi connectivity index (χ3n) is 2.54. The fraction of sp³-hybridized carbons (Fsp3) is 0.308. The van der Waals surface area contributed by atoms with Gasteiger partial charge < -0.3 is 14.5 Å². The van der Waals surface area contributed by atoms with Gasteiger partial charge in [-0.25, -0.2) is 0 Å². The average Bonchev–Trinajstić information content (AvgIpc) is 2.84. The highest BCUT2D eigenvalue weighted by Crippen LogP contribution is 2.22. The number of carbonyl (C=O) groups excluding carboxylic acids is 1. The average molecular weight is 293 g/mol. The highest BCUT2D eigenvalue weighted by atomic mass is 32.2. The van der Waals surface area contributed by atoms with E-state index >= 15 is 0 Å². The van der Waals surface area contributed by atoms with Crippen LogP contribution >= 0.6 is 11.8 Å². The Morgan fingerprint density at radius 1 is 1.40 bits per heavy atom. The molecule has 1 N–H and O–H groups in total. The lowest BCUT2D eigenvalue weighted by molar-refractivity contribution is -0.113. The van der Waals surface area contributed by atoms with Crippen molar-refractivity contribution >= 4 is 23.4 Å². The van der Waals surface area contributed by atoms with Gasteiger partial charge in [0.1, 0.15) is 5.75 Å². The van der Waals surface area contributed by atoms with E-state index in [0.717, 1.165) is 17.0 Å². The first-order valence-electron chi connectivity index (χ1n) is 5.96. The van der Waals surface area contributed by atoms with Crippen molar-refractivity contribution in [1.82, 2.24) is 10.2 Å². The Morgan fingerprint density at radius 3 is 2.80 bits per heavy atom. The highest BCUT2D eigenvalue weighted by Gasteiger charge is 2.09. The van der Waals surface area contributed by atoms with Gasteiger partial charge in [-0.05, 0) is 30.7 Å². The number of benzene rings is 1. The molecule has 0 spiro atoms. The van der Waals surface area contributed by atoms with E-state index in [0.29, 0.717) is 11.1 Å². The molecular weight excluding hydrogens is 278 g/mol. The molecule has 106 valence electrons. The van der Waals surface area contributed by atoms with Crippen molar-refractivity contribution in [3.63, 3.8) is 0 Å². The maximum absolute atomic E-state index is 11.8. The molecule has 0 unspecified atom stereocenters. The Labute approximate surface area is 120 Å². The molecule has 0 saturated heterocycles. The predicted molar refractivity (Wildman–Crippen MR) is 76.1 cm³/mol. The number of aromatic nitrogens is 2. The van der Waals surface area contributed by atoms with Crippen LogP contribution in [0.3, 0.4) is 0 Å². The summed E-state index contributed by atoms with van der Waals surface area (Å²) >= 11 is 1.21. The van der Waals surface area contributed by atoms with Crippen molar-refractivity contribution in [2.24, 2.45) is 0 Å². The first kappa shape index (κ1) is 14.4. The molecule has 7 heteroatoms. The summed E-state index contributed by atoms with van der Waals surface area (Å²) in [7, 11) is 1.61. The second kappa shape index (κ2) is 6.42. The van der Waals surface area contributed by atoms with E-state index < -0.39 is 0 Å². The molecule has 2 aromatic rings. The molecule has 0 bridgehead atoms. The number of amides is 1. The molecule has 20 heavy (non-hydrogen) atoms. The molecule has 1 amide bonds. The Morgan fingerprint density at radius 2 is 2.20 bits per heavy atom. The number of nitrogens with zero attached hydrogens (tertiary/aromatic N) is 2. The summed E-state index contributed by atoms with van der Waals surface area (Å²) in [5.41, 5.74) is 1.70. The molecule has 0 atom stereocenters. The standard InChI is InChI=1S/C13H15N3O3S/c1-8-6-10(18-3)4-5-11(8)14-12(17)7-20-13-16-15-9(2)19-13/h4-6H,7H2,1-3H3,(H,14,17). The number of carbonyl (C=O) groups is 1. The number of hydrogen-bond acceptors (Lipinski definition) is 6. The number of aryl methyl sites for hydroxylation is 2. The molecular formula is C13H15N3O3S. The minimum Gasteiger partial charge on any atom is -0.497 e. The molecule has 0 radical (unpaired) electrons. The summed E-state index contributed by atoms with van der Waals surface area (Å²) in [6, 6.07) is 5.48. The maximum atomic E-state index is 11.8. The highest BCUT2D eigenvalue weighted by molar-refractivity contribution is 7.99. The van der Waals surface area contributed by atoms with Gasteiger partial charge >= 0.3 is 0 Å². The molecule has 0 aliphatic rings. The normalized spacial score (nSPS) is 10.3. The number of rotatable bonds is 5. The molecule has 0 aliphatic heterocycles. The first-order chi connectivity index (χ1) is 9.58. The lowest BCUT2D eigenvalue weighted by Crippen LogP contribution is -2.14. The summed E-state index contributed by atoms with van der Waals surface area (Å²) in [6.07, 6.45) is 0. The number of nitrogens with one attached hydrogen (secondary N) is 1. The molecule has 1 aromatic carbocycles. The largest absolute Gasteiger partial charge is 0.497 e. The molecule has 0 fully saturated rings. The van der Waals surface area contributed by atoms with Crippen LogP contribution in [0.5, 0.6) is 5.75 Å². The van der Waals surface area contributed by atoms with Crippen LogP contribution in [0.25, 0.3) is 0 Å². The van der Waals surface area contributed by atoms with Crippen molar-refractivity contribution in [2.45, 2.75) is 19.1 Å². The van der Waals surface area contributed by atoms with Gasteiger partial charge in [0.15, 0.2) is 0 Å². The van der Waals surface area contributed by atoms with Gasteiger partial charge in [0, 0.05) is 12.6 Å². The summed E-state index contributed by atoms with van der Waals surface area (Å²) in [6.45, 7) is 3.62. The van der Waals surface area contributed by atoms with Gasteiger partial charge in [0.05, 0.1) is 12.9 Å². The zero-order valence-electron chi connectivity index (χ0n) is 11.5. The molecule has 0 aliphatic carbocycles. The Bertz CT molecular complexity index is 613. The van der Waals surface area contributed by atoms with Gasteiger partial charge in [0.25, 0.3) is 5.22 Å². The number of methoxy groups -OCH3 is 1. The second-order valence-corrected chi connectivity index (χ2v) is 5.03. The molecule has 1 aromatic heterocycles. The third kappa shape index (κ3) is 3.74. The minimum atomic E-state index is -0.126. The fourth-order valence-electron chi connectivity index (χ4n) is 1.55. The summed E-state index contributed by atoms with van der Waals surface area (Å²) in [4.78, 5) is 11.8. The number of ether oxygens (including phenoxy) is 1. The van der Waals surface area contributed by atoms with Crippen molar-refractivity contribution < 1.29 is 13.9 Å². The lowest BCUT2D eigenvalue weighted by atomic mass is 10.2. The molecule has 2 rings (SSSR count). The van der Waals surface area contributed by atoms with Crippen molar-refractivity contribution in [3.05, 3.63) is 29.7 Å². The van der Waals surface area contributed by atoms with Gasteiger partial charge in [-0.15, -0.1) is 10.2 Å². The van der Waals surface area contributed by atoms with E-state index in [-0.39, 0.29) is 11.7 Å². The van der Waals surface area contributed by atoms with Crippen molar-refractivity contribution in [1.29, 1.82) is 0 Å². The Hall–Kier alpha value is -2.02. The summed E-state index contributed by atoms with van der Waals surface area (Å²) < 4.78 is 10.3. The van der Waals surface area contributed by atoms with Crippen LogP contribution in [0.1, 0.15) is 11.5 Å². The van der Waals surface area contributed by atoms with Gasteiger partial charge in [-0.1, -0.05) is 11.8 Å². The summed E-state index contributed by atoms with van der Waals surface area (Å²) in [5, 5.41) is 10.7. The molecule has 6 nitrogen and oxygen atoms in total. The monoisotopic (exact) mass is 293 g/mol. The third-order valence-corrected chi connectivity index (χ3v) is 3.36. The number of hydrogen-bond donors (Lipinski definition) is 1. The van der Waals surface area contributed by atoms with Crippen molar-refractivity contribution in [3.8, 4) is 5.75 Å². The molecule has 1 heterocycles. The van der Waals surface area contributed by atoms with Crippen LogP contribution in [0.4, 0.5) is 5.69 Å². The smallest absolute Gasteiger partial charge is 0.277 e. The van der Waals surface area contributed by atoms with E-state index in [1.165, 1.54) is 11.8 Å². The van der Waals surface area contributed by atoms with E-state index in [1.807, 2.05) is 19.1 Å². The van der Waals surface area contributed by atoms with Crippen LogP contribution in [0.15, 0.2) is 27.8 Å². The SMILES string of the molecule is COc1ccc(NC(=O)CSc2nnc(C)o2)c(C)c1. The van der Waals surface area contributed by atoms with Gasteiger partial charge in [-0.3, -0.25) is 4.79 Å². The second-order valence-electron chi connectivity index (χ2n) is 4.10. The fourth-order valence-corrected chi connectivity index (χ4v) is 2.16. The van der Waals surface area contributed by atoms with Crippen LogP contribution in [0.2, 0.25) is 0 Å². The first-order valence-corrected chi connectivity index (χ1v) is 6.94. The van der Waals surface area contributed by atoms with Gasteiger partial charge in [-0.2, -0.15) is 0 Å². The lowest BCUT2D eigenvalue weighted by Gasteiger charge is -2.09. The van der Waals surface area contributed by atoms with Crippen molar-refractivity contribution in [2.75, 3.05) is 18.2 Å². The topological polar surface area (TPSA) is 77.2 Å². The van der Waals surface area contributed by atoms with Crippen LogP contribution in [-0.2, 0) is 4.79 Å². The molecule has 0 saturated carbocycles. The predicted octanol–water partition coefficient (Wildman–Crippen LogP) is 2.43. The maximum Gasteiger partial charge on any atom is 0.277 e. The Kier molecular flexibility index (Phi) is 4.62. The van der Waals surface area contributed by atoms with Crippen LogP contribution in [-0.4, -0.2) is 29.0 Å². The van der Waals surface area contributed by atoms with Gasteiger partial charge in [0.2, 0.25) is 11.8 Å². The Balaban J connectivity index is 1.91. The van der Waals surface area contributed by atoms with Crippen LogP contribution in [0, 0.1) is 13.8 Å². The van der Waals surface area contributed by atoms with E-state index in [4.69, 9.17) is 9.15 Å². The van der Waals surface area contributed by atoms with E-state index in [9.17, 15) is 4.79 Å². The zero-order chi connectivity index (χ0) is 14.5. The van der Waals surface area contributed by atoms with E-state index in [1.54, 1.807) is 20.1 Å².